The van der Waals surface area contributed by atoms with Gasteiger partial charge < -0.3 is 4.90 Å². The molecule has 0 radical (unpaired) electrons. The van der Waals surface area contributed by atoms with Crippen LogP contribution in [0.15, 0.2) is 0 Å². The first kappa shape index (κ1) is 9.36. The monoisotopic (exact) mass is 174 g/mol. The molecule has 1 saturated heterocycles. The van der Waals surface area contributed by atoms with E-state index in [9.17, 15) is 0 Å². The summed E-state index contributed by atoms with van der Waals surface area (Å²) in [4.78, 5) is 4.83. The Morgan fingerprint density at radius 2 is 1.55 bits per heavy atom. The van der Waals surface area contributed by atoms with E-state index in [-0.39, 0.29) is 4.87 Å². The second kappa shape index (κ2) is 3.33. The van der Waals surface area contributed by atoms with Crippen LogP contribution in [0.25, 0.3) is 0 Å². The molecule has 1 aliphatic rings. The van der Waals surface area contributed by atoms with Crippen LogP contribution in [0.4, 0.5) is 0 Å². The number of thiol groups is 1. The van der Waals surface area contributed by atoms with Crippen LogP contribution in [0.3, 0.4) is 0 Å². The van der Waals surface area contributed by atoms with Crippen molar-refractivity contribution in [1.82, 2.24) is 9.80 Å². The molecule has 1 aliphatic heterocycles. The van der Waals surface area contributed by atoms with Crippen molar-refractivity contribution in [3.63, 3.8) is 0 Å². The van der Waals surface area contributed by atoms with E-state index in [0.717, 1.165) is 13.1 Å². The summed E-state index contributed by atoms with van der Waals surface area (Å²) in [5.74, 6) is 0. The highest BCUT2D eigenvalue weighted by molar-refractivity contribution is 7.81. The van der Waals surface area contributed by atoms with Gasteiger partial charge in [0.2, 0.25) is 0 Å². The zero-order valence-electron chi connectivity index (χ0n) is 7.67. The highest BCUT2D eigenvalue weighted by atomic mass is 32.1. The topological polar surface area (TPSA) is 6.48 Å². The van der Waals surface area contributed by atoms with Gasteiger partial charge in [0, 0.05) is 26.2 Å². The summed E-state index contributed by atoms with van der Waals surface area (Å²) in [6, 6.07) is 0. The molecular formula is C8H18N2S. The molecule has 1 rings (SSSR count). The third-order valence-corrected chi connectivity index (χ3v) is 2.56. The SMILES string of the molecule is CN1CCN(C(C)(C)S)CC1. The lowest BCUT2D eigenvalue weighted by molar-refractivity contribution is 0.112. The third kappa shape index (κ3) is 2.65. The van der Waals surface area contributed by atoms with Gasteiger partial charge in [0.05, 0.1) is 4.87 Å². The number of likely N-dealkylation sites (N-methyl/N-ethyl adjacent to an activating group) is 1. The van der Waals surface area contributed by atoms with E-state index in [1.165, 1.54) is 13.1 Å². The van der Waals surface area contributed by atoms with Crippen molar-refractivity contribution < 1.29 is 0 Å². The maximum absolute atomic E-state index is 4.53. The van der Waals surface area contributed by atoms with Gasteiger partial charge >= 0.3 is 0 Å². The Bertz CT molecular complexity index is 123. The van der Waals surface area contributed by atoms with E-state index in [1.54, 1.807) is 0 Å². The maximum atomic E-state index is 4.53. The number of rotatable bonds is 1. The molecule has 0 saturated carbocycles. The van der Waals surface area contributed by atoms with Crippen LogP contribution in [0.2, 0.25) is 0 Å². The fourth-order valence-corrected chi connectivity index (χ4v) is 1.55. The van der Waals surface area contributed by atoms with Gasteiger partial charge in [-0.2, -0.15) is 12.6 Å². The number of hydrogen-bond acceptors (Lipinski definition) is 3. The summed E-state index contributed by atoms with van der Waals surface area (Å²) in [5, 5.41) is 0. The molecule has 0 aromatic carbocycles. The minimum atomic E-state index is 0.0568. The summed E-state index contributed by atoms with van der Waals surface area (Å²) in [6.07, 6.45) is 0. The molecule has 2 nitrogen and oxygen atoms in total. The van der Waals surface area contributed by atoms with Crippen LogP contribution in [0.1, 0.15) is 13.8 Å². The van der Waals surface area contributed by atoms with E-state index in [1.807, 2.05) is 0 Å². The Labute approximate surface area is 75.0 Å². The first-order valence-electron chi connectivity index (χ1n) is 4.16. The van der Waals surface area contributed by atoms with Crippen molar-refractivity contribution >= 4 is 12.6 Å². The molecule has 0 bridgehead atoms. The highest BCUT2D eigenvalue weighted by Gasteiger charge is 2.24. The lowest BCUT2D eigenvalue weighted by Gasteiger charge is -2.40. The molecule has 1 fully saturated rings. The molecule has 0 unspecified atom stereocenters. The van der Waals surface area contributed by atoms with Gasteiger partial charge in [-0.25, -0.2) is 0 Å². The Morgan fingerprint density at radius 3 is 1.91 bits per heavy atom. The molecule has 66 valence electrons. The maximum Gasteiger partial charge on any atom is 0.0584 e. The average Bonchev–Trinajstić information content (AvgIpc) is 1.86. The van der Waals surface area contributed by atoms with Crippen LogP contribution >= 0.6 is 12.6 Å². The molecule has 0 atom stereocenters. The van der Waals surface area contributed by atoms with Crippen LogP contribution in [-0.2, 0) is 0 Å². The first-order chi connectivity index (χ1) is 5.00. The summed E-state index contributed by atoms with van der Waals surface area (Å²) < 4.78 is 0. The van der Waals surface area contributed by atoms with Gasteiger partial charge in [-0.15, -0.1) is 0 Å². The van der Waals surface area contributed by atoms with Crippen molar-refractivity contribution in [3.8, 4) is 0 Å². The molecule has 11 heavy (non-hydrogen) atoms. The number of hydrogen-bond donors (Lipinski definition) is 1. The lowest BCUT2D eigenvalue weighted by Crippen LogP contribution is -2.51. The zero-order chi connectivity index (χ0) is 8.48. The van der Waals surface area contributed by atoms with E-state index < -0.39 is 0 Å². The molecule has 0 amide bonds. The van der Waals surface area contributed by atoms with Gasteiger partial charge in [0.15, 0.2) is 0 Å². The predicted molar refractivity (Wildman–Crippen MR) is 52.1 cm³/mol. The lowest BCUT2D eigenvalue weighted by atomic mass is 10.2. The van der Waals surface area contributed by atoms with Gasteiger partial charge in [-0.3, -0.25) is 4.90 Å². The van der Waals surface area contributed by atoms with E-state index in [0.29, 0.717) is 0 Å². The second-order valence-electron chi connectivity index (χ2n) is 3.78. The van der Waals surface area contributed by atoms with Crippen LogP contribution in [-0.4, -0.2) is 47.9 Å². The highest BCUT2D eigenvalue weighted by Crippen LogP contribution is 2.19. The summed E-state index contributed by atoms with van der Waals surface area (Å²) in [5.41, 5.74) is 0. The minimum absolute atomic E-state index is 0.0568. The predicted octanol–water partition coefficient (Wildman–Crippen LogP) is 0.900. The van der Waals surface area contributed by atoms with Crippen molar-refractivity contribution in [2.45, 2.75) is 18.7 Å². The van der Waals surface area contributed by atoms with Crippen LogP contribution < -0.4 is 0 Å². The fourth-order valence-electron chi connectivity index (χ4n) is 1.35. The molecular weight excluding hydrogens is 156 g/mol. The second-order valence-corrected chi connectivity index (χ2v) is 4.88. The molecule has 0 N–H and O–H groups in total. The summed E-state index contributed by atoms with van der Waals surface area (Å²) >= 11 is 4.53. The number of nitrogens with zero attached hydrogens (tertiary/aromatic N) is 2. The summed E-state index contributed by atoms with van der Waals surface area (Å²) in [6.45, 7) is 8.94. The van der Waals surface area contributed by atoms with E-state index in [4.69, 9.17) is 0 Å². The van der Waals surface area contributed by atoms with Gasteiger partial charge in [0.1, 0.15) is 0 Å². The normalized spacial score (nSPS) is 24.0. The summed E-state index contributed by atoms with van der Waals surface area (Å²) in [7, 11) is 2.17. The molecule has 0 aromatic rings. The van der Waals surface area contributed by atoms with Crippen molar-refractivity contribution in [2.75, 3.05) is 33.2 Å². The molecule has 0 aliphatic carbocycles. The van der Waals surface area contributed by atoms with Crippen molar-refractivity contribution in [1.29, 1.82) is 0 Å². The van der Waals surface area contributed by atoms with E-state index >= 15 is 0 Å². The van der Waals surface area contributed by atoms with Crippen molar-refractivity contribution in [2.24, 2.45) is 0 Å². The number of piperazine rings is 1. The van der Waals surface area contributed by atoms with Crippen LogP contribution in [0.5, 0.6) is 0 Å². The zero-order valence-corrected chi connectivity index (χ0v) is 8.56. The first-order valence-corrected chi connectivity index (χ1v) is 4.61. The van der Waals surface area contributed by atoms with Gasteiger partial charge in [0.25, 0.3) is 0 Å². The smallest absolute Gasteiger partial charge is 0.0584 e. The Balaban J connectivity index is 2.39. The Kier molecular flexibility index (Phi) is 2.84. The largest absolute Gasteiger partial charge is 0.304 e. The third-order valence-electron chi connectivity index (χ3n) is 2.28. The molecule has 0 spiro atoms. The standard InChI is InChI=1S/C8H18N2S/c1-8(2,11)10-6-4-9(3)5-7-10/h11H,4-7H2,1-3H3. The Morgan fingerprint density at radius 1 is 1.09 bits per heavy atom. The molecule has 3 heteroatoms. The Hall–Kier alpha value is 0.270. The minimum Gasteiger partial charge on any atom is -0.304 e. The molecule has 0 aromatic heterocycles. The van der Waals surface area contributed by atoms with Gasteiger partial charge in [-0.1, -0.05) is 0 Å². The van der Waals surface area contributed by atoms with Crippen LogP contribution in [0, 0.1) is 0 Å². The molecule has 1 heterocycles. The van der Waals surface area contributed by atoms with Gasteiger partial charge in [-0.05, 0) is 20.9 Å². The van der Waals surface area contributed by atoms with E-state index in [2.05, 4.69) is 43.3 Å². The quantitative estimate of drug-likeness (QED) is 0.590. The van der Waals surface area contributed by atoms with Crippen molar-refractivity contribution in [3.05, 3.63) is 0 Å². The fraction of sp³-hybridized carbons (Fsp3) is 1.00. The average molecular weight is 174 g/mol.